The van der Waals surface area contributed by atoms with Crippen molar-refractivity contribution in [1.29, 1.82) is 0 Å². The van der Waals surface area contributed by atoms with Crippen LogP contribution < -0.4 is 24.8 Å². The van der Waals surface area contributed by atoms with E-state index in [0.717, 1.165) is 12.8 Å². The minimum absolute atomic E-state index is 0. The van der Waals surface area contributed by atoms with Crippen LogP contribution >= 0.6 is 17.0 Å². The predicted molar refractivity (Wildman–Crippen MR) is 194 cm³/mol. The van der Waals surface area contributed by atoms with Crippen LogP contribution in [0, 0.1) is 49.3 Å². The van der Waals surface area contributed by atoms with Crippen LogP contribution in [-0.2, 0) is 47.1 Å². The Hall–Kier alpha value is -1.23. The normalized spacial score (nSPS) is 12.0. The van der Waals surface area contributed by atoms with Gasteiger partial charge in [0.1, 0.15) is 0 Å². The van der Waals surface area contributed by atoms with Crippen molar-refractivity contribution in [2.75, 3.05) is 0 Å². The summed E-state index contributed by atoms with van der Waals surface area (Å²) in [5.41, 5.74) is 11.4. The second kappa shape index (κ2) is 27.6. The molecule has 4 aliphatic rings. The predicted octanol–water partition coefficient (Wildman–Crippen LogP) is 6.86. The van der Waals surface area contributed by atoms with Crippen LogP contribution in [0.4, 0.5) is 0 Å². The number of allylic oxidation sites excluding steroid dienone is 8. The second-order valence-electron chi connectivity index (χ2n) is 9.38. The summed E-state index contributed by atoms with van der Waals surface area (Å²) in [6.07, 6.45) is 20.0. The van der Waals surface area contributed by atoms with Gasteiger partial charge >= 0.3 is 64.1 Å². The van der Waals surface area contributed by atoms with Gasteiger partial charge < -0.3 is 61.9 Å². The van der Waals surface area contributed by atoms with Crippen LogP contribution in [0.25, 0.3) is 22.3 Å². The number of rotatable bonds is 1. The molecule has 248 valence electrons. The van der Waals surface area contributed by atoms with Crippen LogP contribution in [0.15, 0.2) is 134 Å². The first-order chi connectivity index (χ1) is 19.3. The summed E-state index contributed by atoms with van der Waals surface area (Å²) in [5.74, 6) is 0.763. The van der Waals surface area contributed by atoms with Crippen LogP contribution in [0.1, 0.15) is 46.9 Å². The summed E-state index contributed by atoms with van der Waals surface area (Å²) in [6.45, 7) is 0. The smallest absolute Gasteiger partial charge is 0.0619 e. The van der Waals surface area contributed by atoms with E-state index in [0.29, 0.717) is 11.8 Å². The number of hydrogen-bond acceptors (Lipinski definition) is 0. The molecule has 0 N–H and O–H groups in total. The van der Waals surface area contributed by atoms with Gasteiger partial charge in [0.25, 0.3) is 0 Å². The largest absolute Gasteiger partial charge is 2.00 e. The van der Waals surface area contributed by atoms with E-state index in [1.165, 1.54) is 44.5 Å². The first kappa shape index (κ1) is 52.6. The van der Waals surface area contributed by atoms with Crippen molar-refractivity contribution in [1.82, 2.24) is 0 Å². The number of fused-ring (bicyclic) bond motifs is 6. The molecular weight excluding hydrogens is 817 g/mol. The van der Waals surface area contributed by atoms with E-state index < -0.39 is 20.8 Å². The molecule has 0 amide bonds. The Bertz CT molecular complexity index is 1320. The maximum absolute atomic E-state index is 4.93. The fourth-order valence-corrected chi connectivity index (χ4v) is 5.79. The van der Waals surface area contributed by atoms with Crippen molar-refractivity contribution in [3.05, 3.63) is 205 Å². The fourth-order valence-electron chi connectivity index (χ4n) is 5.79. The molecule has 0 atom stereocenters. The van der Waals surface area contributed by atoms with Gasteiger partial charge in [-0.25, -0.2) is 24.3 Å². The Morgan fingerprint density at radius 2 is 0.702 bits per heavy atom. The molecule has 4 aromatic carbocycles. The zero-order valence-electron chi connectivity index (χ0n) is 27.8. The van der Waals surface area contributed by atoms with Crippen molar-refractivity contribution >= 4 is 17.0 Å². The Kier molecular flexibility index (Phi) is 30.8. The van der Waals surface area contributed by atoms with Crippen molar-refractivity contribution in [3.8, 4) is 22.3 Å². The number of halogens is 4. The van der Waals surface area contributed by atoms with Crippen molar-refractivity contribution in [3.63, 3.8) is 0 Å². The molecular formula is C41H43Cl4Zr2-5. The summed E-state index contributed by atoms with van der Waals surface area (Å²) in [6, 6.07) is 35.8. The Labute approximate surface area is 337 Å². The van der Waals surface area contributed by atoms with Gasteiger partial charge in [0.15, 0.2) is 0 Å². The average Bonchev–Trinajstić information content (AvgIpc) is 3.81. The Balaban J connectivity index is -0.000000378. The van der Waals surface area contributed by atoms with E-state index in [9.17, 15) is 0 Å². The van der Waals surface area contributed by atoms with Gasteiger partial charge in [0, 0.05) is 11.8 Å². The molecule has 0 aromatic heterocycles. The van der Waals surface area contributed by atoms with Gasteiger partial charge in [0.2, 0.25) is 0 Å². The van der Waals surface area contributed by atoms with Gasteiger partial charge in [-0.1, -0.05) is 97.1 Å². The zero-order valence-corrected chi connectivity index (χ0v) is 35.7. The quantitative estimate of drug-likeness (QED) is 0.184. The summed E-state index contributed by atoms with van der Waals surface area (Å²) in [7, 11) is 9.87. The number of hydrogen-bond donors (Lipinski definition) is 0. The fraction of sp³-hybridized carbons (Fsp3) is 0.0976. The maximum atomic E-state index is 4.93. The molecule has 0 spiro atoms. The molecule has 0 bridgehead atoms. The molecule has 6 heteroatoms. The summed E-state index contributed by atoms with van der Waals surface area (Å²) >= 11 is -0.826. The van der Waals surface area contributed by atoms with Crippen LogP contribution in [0.3, 0.4) is 0 Å². The molecule has 0 saturated heterocycles. The minimum Gasteiger partial charge on any atom is -0.0619 e. The van der Waals surface area contributed by atoms with E-state index >= 15 is 0 Å². The Morgan fingerprint density at radius 3 is 0.872 bits per heavy atom. The van der Waals surface area contributed by atoms with Gasteiger partial charge in [-0.3, -0.25) is 12.2 Å². The van der Waals surface area contributed by atoms with Gasteiger partial charge in [0.05, 0.1) is 0 Å². The third kappa shape index (κ3) is 12.6. The van der Waals surface area contributed by atoms with Crippen molar-refractivity contribution in [2.24, 2.45) is 0 Å². The second-order valence-corrected chi connectivity index (χ2v) is 13.1. The van der Waals surface area contributed by atoms with Gasteiger partial charge in [-0.05, 0) is 44.5 Å². The van der Waals surface area contributed by atoms with Gasteiger partial charge in [-0.15, -0.1) is 12.8 Å². The topological polar surface area (TPSA) is 0 Å². The van der Waals surface area contributed by atoms with Gasteiger partial charge in [-0.2, -0.15) is 12.2 Å². The Morgan fingerprint density at radius 1 is 0.468 bits per heavy atom. The first-order valence-corrected chi connectivity index (χ1v) is 19.4. The van der Waals surface area contributed by atoms with Crippen LogP contribution in [-0.4, -0.2) is 0 Å². The monoisotopic (exact) mass is 855 g/mol. The van der Waals surface area contributed by atoms with Crippen LogP contribution in [0.2, 0.25) is 0 Å². The van der Waals surface area contributed by atoms with E-state index in [1.807, 2.05) is 24.3 Å². The van der Waals surface area contributed by atoms with Crippen molar-refractivity contribution < 1.29 is 71.9 Å². The molecule has 8 rings (SSSR count). The molecule has 0 fully saturated rings. The number of benzene rings is 4. The molecule has 47 heavy (non-hydrogen) atoms. The van der Waals surface area contributed by atoms with E-state index in [2.05, 4.69) is 121 Å². The summed E-state index contributed by atoms with van der Waals surface area (Å²) < 4.78 is 0. The van der Waals surface area contributed by atoms with Crippen LogP contribution in [0.5, 0.6) is 0 Å². The summed E-state index contributed by atoms with van der Waals surface area (Å²) in [5, 5.41) is 0. The molecule has 4 aliphatic carbocycles. The van der Waals surface area contributed by atoms with E-state index in [4.69, 9.17) is 17.0 Å². The molecule has 0 unspecified atom stereocenters. The minimum atomic E-state index is -0.826. The third-order valence-corrected chi connectivity index (χ3v) is 7.27. The zero-order chi connectivity index (χ0) is 26.9. The molecule has 0 heterocycles. The standard InChI is InChI=1S/C26H18.2C5H5.5CH3.4ClH.2Zr/c1-5-13-21-17(9-1)18-10-2-6-14-22(18)25(21)26-23-15-7-3-11-19(23)20-12-4-8-16-24(20)26;2*1-2-4-5-3-1;;;;;;;;;;;/h1-16,25-26H;2*1-3H,4H2;5*1H3;4*1H;;/q;7*-1;;;;;+2;+4/p-4. The van der Waals surface area contributed by atoms with E-state index in [1.54, 1.807) is 0 Å². The average molecular weight is 860 g/mol. The molecule has 4 aromatic rings. The molecule has 0 radical (unpaired) electrons. The van der Waals surface area contributed by atoms with E-state index in [-0.39, 0.29) is 88.2 Å². The molecule has 0 saturated carbocycles. The molecule has 0 nitrogen and oxygen atoms in total. The maximum Gasteiger partial charge on any atom is 2.00 e. The van der Waals surface area contributed by atoms with Crippen molar-refractivity contribution in [2.45, 2.75) is 24.7 Å². The molecule has 0 aliphatic heterocycles. The summed E-state index contributed by atoms with van der Waals surface area (Å²) in [4.78, 5) is 0. The third-order valence-electron chi connectivity index (χ3n) is 7.27. The SMILES string of the molecule is [C-]1=CC=CC1.[C-]1=CC=CC1.[CH3-].[CH3-].[CH3-].[CH3-].[CH3-].[Cl-].[Cl-].[Cl][Zr+2][Cl].[Zr+2].c1ccc2c(c1)-c1ccccc1C2C1c2ccccc2-c2ccccc21. The first-order valence-electron chi connectivity index (χ1n) is 13.1.